The molecule has 1 aliphatic rings. The minimum absolute atomic E-state index is 0.467. The third kappa shape index (κ3) is 3.76. The molecule has 25 heavy (non-hydrogen) atoms. The monoisotopic (exact) mass is 404 g/mol. The number of amides is 2. The molecule has 0 bridgehead atoms. The van der Waals surface area contributed by atoms with Gasteiger partial charge in [0.15, 0.2) is 11.5 Å². The molecule has 1 heterocycles. The number of carbonyl (C=O) groups excluding carboxylic acids is 2. The zero-order chi connectivity index (χ0) is 18.0. The molecule has 0 radical (unpaired) electrons. The van der Waals surface area contributed by atoms with Crippen LogP contribution in [0.3, 0.4) is 0 Å². The maximum absolute atomic E-state index is 12.7. The molecule has 2 aromatic rings. The Kier molecular flexibility index (Phi) is 4.94. The van der Waals surface area contributed by atoms with Gasteiger partial charge in [-0.3, -0.25) is 9.59 Å². The summed E-state index contributed by atoms with van der Waals surface area (Å²) >= 11 is 3.34. The second kappa shape index (κ2) is 7.14. The molecule has 130 valence electrons. The van der Waals surface area contributed by atoms with Gasteiger partial charge in [0.05, 0.1) is 0 Å². The van der Waals surface area contributed by atoms with Crippen LogP contribution >= 0.6 is 15.9 Å². The van der Waals surface area contributed by atoms with E-state index < -0.39 is 30.1 Å². The van der Waals surface area contributed by atoms with Gasteiger partial charge in [0.2, 0.25) is 12.0 Å². The lowest BCUT2D eigenvalue weighted by atomic mass is 10.1. The summed E-state index contributed by atoms with van der Waals surface area (Å²) in [5.41, 5.74) is 6.05. The van der Waals surface area contributed by atoms with Gasteiger partial charge in [-0.25, -0.2) is 0 Å². The number of halogens is 1. The predicted octanol–water partition coefficient (Wildman–Crippen LogP) is 2.32. The number of hydrogen-bond acceptors (Lipinski definition) is 4. The summed E-state index contributed by atoms with van der Waals surface area (Å²) in [4.78, 5) is 24.5. The molecule has 3 rings (SSSR count). The van der Waals surface area contributed by atoms with Gasteiger partial charge in [0.1, 0.15) is 12.1 Å². The fraction of sp³-hybridized carbons (Fsp3) is 0.222. The normalized spacial score (nSPS) is 19.8. The Hall–Kier alpha value is -2.54. The highest BCUT2D eigenvalue weighted by Crippen LogP contribution is 2.33. The van der Waals surface area contributed by atoms with E-state index in [4.69, 9.17) is 15.2 Å². The highest BCUT2D eigenvalue weighted by atomic mass is 79.9. The SMILES string of the molecule is C[C@@H]1Oc2ccccc2O[C@H]1C(=O)N[C@@H](C(N)=O)c1cccc(Br)c1. The van der Waals surface area contributed by atoms with Crippen molar-refractivity contribution in [3.8, 4) is 11.5 Å². The van der Waals surface area contributed by atoms with E-state index in [1.807, 2.05) is 12.1 Å². The molecule has 6 nitrogen and oxygen atoms in total. The summed E-state index contributed by atoms with van der Waals surface area (Å²) in [6.07, 6.45) is -1.39. The van der Waals surface area contributed by atoms with Gasteiger partial charge < -0.3 is 20.5 Å². The molecule has 0 fully saturated rings. The number of primary amides is 1. The molecular formula is C18H17BrN2O4. The number of para-hydroxylation sites is 2. The largest absolute Gasteiger partial charge is 0.482 e. The molecule has 0 spiro atoms. The maximum Gasteiger partial charge on any atom is 0.265 e. The quantitative estimate of drug-likeness (QED) is 0.817. The number of ether oxygens (including phenoxy) is 2. The lowest BCUT2D eigenvalue weighted by molar-refractivity contribution is -0.136. The topological polar surface area (TPSA) is 90.7 Å². The van der Waals surface area contributed by atoms with Gasteiger partial charge in [-0.1, -0.05) is 40.2 Å². The van der Waals surface area contributed by atoms with E-state index >= 15 is 0 Å². The van der Waals surface area contributed by atoms with Gasteiger partial charge in [-0.15, -0.1) is 0 Å². The van der Waals surface area contributed by atoms with Crippen LogP contribution in [-0.2, 0) is 9.59 Å². The van der Waals surface area contributed by atoms with Crippen LogP contribution in [0.1, 0.15) is 18.5 Å². The summed E-state index contributed by atoms with van der Waals surface area (Å²) in [6, 6.07) is 13.2. The van der Waals surface area contributed by atoms with Crippen molar-refractivity contribution in [1.82, 2.24) is 5.32 Å². The molecule has 7 heteroatoms. The average Bonchev–Trinajstić information content (AvgIpc) is 2.58. The molecular weight excluding hydrogens is 388 g/mol. The first kappa shape index (κ1) is 17.3. The molecule has 0 aromatic heterocycles. The molecule has 2 aromatic carbocycles. The molecule has 0 unspecified atom stereocenters. The highest BCUT2D eigenvalue weighted by molar-refractivity contribution is 9.10. The van der Waals surface area contributed by atoms with Gasteiger partial charge in [-0.2, -0.15) is 0 Å². The standard InChI is InChI=1S/C18H17BrN2O4/c1-10-16(25-14-8-3-2-7-13(14)24-10)18(23)21-15(17(20)22)11-5-4-6-12(19)9-11/h2-10,15-16H,1H3,(H2,20,22)(H,21,23)/t10-,15+,16+/m0/s1. The number of nitrogens with one attached hydrogen (secondary N) is 1. The van der Waals surface area contributed by atoms with Crippen LogP contribution in [-0.4, -0.2) is 24.0 Å². The lowest BCUT2D eigenvalue weighted by Gasteiger charge is -2.31. The zero-order valence-corrected chi connectivity index (χ0v) is 15.0. The first-order chi connectivity index (χ1) is 12.0. The Balaban J connectivity index is 1.79. The number of fused-ring (bicyclic) bond motifs is 1. The van der Waals surface area contributed by atoms with E-state index in [2.05, 4.69) is 21.2 Å². The average molecular weight is 405 g/mol. The van der Waals surface area contributed by atoms with Crippen molar-refractivity contribution in [2.75, 3.05) is 0 Å². The molecule has 3 atom stereocenters. The van der Waals surface area contributed by atoms with Crippen LogP contribution in [0.5, 0.6) is 11.5 Å². The summed E-state index contributed by atoms with van der Waals surface area (Å²) in [6.45, 7) is 1.73. The third-order valence-corrected chi connectivity index (χ3v) is 4.35. The van der Waals surface area contributed by atoms with Crippen LogP contribution < -0.4 is 20.5 Å². The first-order valence-electron chi connectivity index (χ1n) is 7.73. The third-order valence-electron chi connectivity index (χ3n) is 3.85. The van der Waals surface area contributed by atoms with Crippen LogP contribution in [0.15, 0.2) is 53.0 Å². The number of carbonyl (C=O) groups is 2. The van der Waals surface area contributed by atoms with Crippen LogP contribution in [0.2, 0.25) is 0 Å². The number of rotatable bonds is 4. The Morgan fingerprint density at radius 3 is 2.44 bits per heavy atom. The molecule has 3 N–H and O–H groups in total. The van der Waals surface area contributed by atoms with Crippen LogP contribution in [0.4, 0.5) is 0 Å². The molecule has 0 saturated heterocycles. The minimum Gasteiger partial charge on any atom is -0.482 e. The highest BCUT2D eigenvalue weighted by Gasteiger charge is 2.36. The van der Waals surface area contributed by atoms with Gasteiger partial charge in [-0.05, 0) is 36.8 Å². The zero-order valence-electron chi connectivity index (χ0n) is 13.4. The number of nitrogens with two attached hydrogens (primary N) is 1. The predicted molar refractivity (Wildman–Crippen MR) is 95.2 cm³/mol. The summed E-state index contributed by atoms with van der Waals surface area (Å²) in [7, 11) is 0. The van der Waals surface area contributed by atoms with Gasteiger partial charge in [0.25, 0.3) is 5.91 Å². The van der Waals surface area contributed by atoms with E-state index in [-0.39, 0.29) is 0 Å². The van der Waals surface area contributed by atoms with Crippen LogP contribution in [0.25, 0.3) is 0 Å². The first-order valence-corrected chi connectivity index (χ1v) is 8.52. The Bertz CT molecular complexity index is 811. The maximum atomic E-state index is 12.7. The fourth-order valence-electron chi connectivity index (χ4n) is 2.64. The Labute approximate surface area is 153 Å². The van der Waals surface area contributed by atoms with Crippen molar-refractivity contribution >= 4 is 27.7 Å². The smallest absolute Gasteiger partial charge is 0.265 e. The summed E-state index contributed by atoms with van der Waals surface area (Å²) in [5, 5.41) is 2.65. The Morgan fingerprint density at radius 1 is 1.12 bits per heavy atom. The number of benzene rings is 2. The fourth-order valence-corrected chi connectivity index (χ4v) is 3.05. The van der Waals surface area contributed by atoms with Gasteiger partial charge >= 0.3 is 0 Å². The number of hydrogen-bond donors (Lipinski definition) is 2. The molecule has 1 aliphatic heterocycles. The second-order valence-electron chi connectivity index (χ2n) is 5.71. The molecule has 2 amide bonds. The van der Waals surface area contributed by atoms with Crippen molar-refractivity contribution in [2.45, 2.75) is 25.2 Å². The van der Waals surface area contributed by atoms with Crippen LogP contribution in [0, 0.1) is 0 Å². The van der Waals surface area contributed by atoms with E-state index in [1.54, 1.807) is 43.3 Å². The van der Waals surface area contributed by atoms with E-state index in [0.717, 1.165) is 4.47 Å². The van der Waals surface area contributed by atoms with E-state index in [0.29, 0.717) is 17.1 Å². The van der Waals surface area contributed by atoms with Crippen molar-refractivity contribution in [3.05, 3.63) is 58.6 Å². The Morgan fingerprint density at radius 2 is 1.80 bits per heavy atom. The second-order valence-corrected chi connectivity index (χ2v) is 6.62. The van der Waals surface area contributed by atoms with Crippen molar-refractivity contribution in [2.24, 2.45) is 5.73 Å². The molecule has 0 saturated carbocycles. The summed E-state index contributed by atoms with van der Waals surface area (Å²) < 4.78 is 12.3. The van der Waals surface area contributed by atoms with Gasteiger partial charge in [0, 0.05) is 4.47 Å². The minimum atomic E-state index is -0.960. The van der Waals surface area contributed by atoms with E-state index in [1.165, 1.54) is 0 Å². The van der Waals surface area contributed by atoms with E-state index in [9.17, 15) is 9.59 Å². The van der Waals surface area contributed by atoms with Crippen molar-refractivity contribution < 1.29 is 19.1 Å². The molecule has 0 aliphatic carbocycles. The lowest BCUT2D eigenvalue weighted by Crippen LogP contribution is -2.51. The summed E-state index contributed by atoms with van der Waals surface area (Å²) in [5.74, 6) is -0.0571. The van der Waals surface area contributed by atoms with Crippen molar-refractivity contribution in [3.63, 3.8) is 0 Å². The van der Waals surface area contributed by atoms with Crippen molar-refractivity contribution in [1.29, 1.82) is 0 Å².